The molecule has 4 radical (unpaired) electrons. The number of hydrogen-bond donors (Lipinski definition) is 4. The predicted octanol–water partition coefficient (Wildman–Crippen LogP) is 20.6. The molecule has 0 aliphatic carbocycles. The molecule has 4 heterocycles. The van der Waals surface area contributed by atoms with Crippen LogP contribution in [0.5, 0.6) is 63.2 Å². The molecular weight excluding hydrogens is 2280 g/mol. The van der Waals surface area contributed by atoms with E-state index in [9.17, 15) is 19.2 Å². The number of rotatable bonds is 19. The Labute approximate surface area is 774 Å². The Hall–Kier alpha value is -11.4. The molecule has 4 aromatic heterocycles. The summed E-state index contributed by atoms with van der Waals surface area (Å²) in [5.41, 5.74) is 16.3. The molecule has 0 fully saturated rings. The van der Waals surface area contributed by atoms with Crippen molar-refractivity contribution >= 4 is 66.7 Å². The van der Waals surface area contributed by atoms with Gasteiger partial charge in [-0.1, -0.05) is 83.1 Å². The molecule has 23 nitrogen and oxygen atoms in total. The van der Waals surface area contributed by atoms with Crippen molar-refractivity contribution in [1.82, 2.24) is 19.9 Å². The Morgan fingerprint density at radius 1 is 0.309 bits per heavy atom. The monoisotopic (exact) mass is 2390 g/mol. The Morgan fingerprint density at radius 3 is 1.01 bits per heavy atom. The Balaban J connectivity index is 0.000000735. The second-order valence-corrected chi connectivity index (χ2v) is 26.5. The number of methoxy groups -OCH3 is 11. The van der Waals surface area contributed by atoms with Crippen LogP contribution in [0.25, 0.3) is 88.6 Å². The van der Waals surface area contributed by atoms with Crippen molar-refractivity contribution in [2.75, 3.05) is 78.2 Å². The molecule has 0 aliphatic rings. The van der Waals surface area contributed by atoms with Crippen LogP contribution >= 0.6 is 0 Å². The standard InChI is InChI=1S/C20H20NO3.C19H18NO3.C19H18NO2.C18H16NO3.4C5H8O2.4Ir/c1-12-8-13(2)10-14(9-12)16-7-6-15-17(21-16)11-18(22-3)20(24-5)19(15)23-4;1-12-6-5-7-13(10-12)15-9-8-14-16(20-15)11-17(21-2)19(23-4)18(14)22-3;1-12-5-6-13(2)15(9-12)16-8-7-14-10-18(21-3)19(22-4)11-17(14)20-16;1-20-14-6-4-5-12(9-14)15-8-7-13-10-17(21-2)18(22-3)11-16(13)19-15;4*1-4(6)3-5(2)7;;;;/h6-9,11H,1-5H3;5-6,8-11H,1-4H3;5-8,10-11H,1-4H3;4,6-11H,1-3H3;4*3,6H,1-2H3;;;;/q4*-1;;;;;;;;. The predicted molar refractivity (Wildman–Crippen MR) is 468 cm³/mol. The molecule has 123 heavy (non-hydrogen) atoms. The van der Waals surface area contributed by atoms with Gasteiger partial charge in [0.2, 0.25) is 11.5 Å². The number of hydrogen-bond acceptors (Lipinski definition) is 23. The van der Waals surface area contributed by atoms with Crippen LogP contribution in [0.3, 0.4) is 0 Å². The molecule has 12 rings (SSSR count). The molecule has 0 saturated carbocycles. The molecular formula is C96H104Ir4N4O19-4. The number of fused-ring (bicyclic) bond motifs is 4. The van der Waals surface area contributed by atoms with E-state index < -0.39 is 0 Å². The number of benzene rings is 8. The molecule has 0 spiro atoms. The van der Waals surface area contributed by atoms with Crippen molar-refractivity contribution in [3.8, 4) is 108 Å². The Bertz CT molecular complexity index is 5530. The summed E-state index contributed by atoms with van der Waals surface area (Å²) in [6, 6.07) is 60.4. The average molecular weight is 2390 g/mol. The number of pyridine rings is 4. The van der Waals surface area contributed by atoms with E-state index in [1.54, 1.807) is 78.2 Å². The van der Waals surface area contributed by atoms with Gasteiger partial charge < -0.3 is 72.5 Å². The van der Waals surface area contributed by atoms with Gasteiger partial charge in [-0.15, -0.1) is 135 Å². The van der Waals surface area contributed by atoms with E-state index in [1.165, 1.54) is 90.8 Å². The van der Waals surface area contributed by atoms with Crippen LogP contribution in [0.2, 0.25) is 0 Å². The third kappa shape index (κ3) is 34.1. The van der Waals surface area contributed by atoms with Crippen molar-refractivity contribution in [2.45, 2.75) is 90.0 Å². The second-order valence-electron chi connectivity index (χ2n) is 26.5. The Morgan fingerprint density at radius 2 is 0.650 bits per heavy atom. The molecule has 0 saturated heterocycles. The van der Waals surface area contributed by atoms with Gasteiger partial charge in [0.25, 0.3) is 0 Å². The summed E-state index contributed by atoms with van der Waals surface area (Å²) in [6.07, 6.45) is 4.67. The van der Waals surface area contributed by atoms with Crippen LogP contribution in [-0.2, 0) is 99.6 Å². The smallest absolute Gasteiger partial charge is 0.204 e. The molecule has 8 aromatic carbocycles. The molecule has 0 unspecified atom stereocenters. The van der Waals surface area contributed by atoms with Crippen LogP contribution in [0, 0.1) is 58.9 Å². The third-order valence-corrected chi connectivity index (χ3v) is 16.5. The maximum Gasteiger partial charge on any atom is 0.204 e. The van der Waals surface area contributed by atoms with E-state index in [0.717, 1.165) is 111 Å². The van der Waals surface area contributed by atoms with Gasteiger partial charge in [-0.05, 0) is 90.3 Å². The maximum absolute atomic E-state index is 10.0. The second kappa shape index (κ2) is 54.9. The van der Waals surface area contributed by atoms with Crippen molar-refractivity contribution in [1.29, 1.82) is 0 Å². The van der Waals surface area contributed by atoms with Gasteiger partial charge in [0, 0.05) is 156 Å². The quantitative estimate of drug-likeness (QED) is 0.0332. The molecule has 27 heteroatoms. The van der Waals surface area contributed by atoms with Crippen LogP contribution in [0.4, 0.5) is 0 Å². The molecule has 0 amide bonds. The minimum Gasteiger partial charge on any atom is -0.516 e. The van der Waals surface area contributed by atoms with Crippen LogP contribution in [-0.4, -0.2) is 142 Å². The van der Waals surface area contributed by atoms with Crippen molar-refractivity contribution < 1.29 is 172 Å². The maximum atomic E-state index is 10.0. The number of aliphatic hydroxyl groups excluding tert-OH is 4. The zero-order valence-electron chi connectivity index (χ0n) is 73.2. The number of carbonyl (C=O) groups excluding carboxylic acids is 4. The third-order valence-electron chi connectivity index (χ3n) is 16.5. The molecule has 0 bridgehead atoms. The number of allylic oxidation sites excluding steroid dienone is 8. The number of ketones is 4. The topological polar surface area (TPSA) is 302 Å². The summed E-state index contributed by atoms with van der Waals surface area (Å²) in [7, 11) is 17.8. The van der Waals surface area contributed by atoms with E-state index in [0.29, 0.717) is 57.5 Å². The first-order valence-electron chi connectivity index (χ1n) is 36.9. The van der Waals surface area contributed by atoms with E-state index >= 15 is 0 Å². The summed E-state index contributed by atoms with van der Waals surface area (Å²) in [5, 5.41) is 37.2. The molecule has 12 aromatic rings. The van der Waals surface area contributed by atoms with Crippen LogP contribution in [0.15, 0.2) is 193 Å². The SMILES string of the molecule is CC(=O)C=C(C)O.CC(=O)C=C(C)O.CC(=O)C=C(C)O.CC(=O)C=C(C)O.COc1cc2ccc(-c3[c-]c(C)ccc3C)nc2cc1OC.COc1cc2nc(-c3[c-]c(C)cc(C)c3)ccc2c(OC)c1OC.COc1cc2nc(-c3[c-]ccc(C)c3)ccc2c(OC)c1OC.COc1cc[c-]c(-c2ccc3cc(OC)c(OC)cc3n2)c1.[Ir].[Ir].[Ir].[Ir]. The summed E-state index contributed by atoms with van der Waals surface area (Å²) < 4.78 is 59.3. The van der Waals surface area contributed by atoms with Gasteiger partial charge in [0.05, 0.1) is 123 Å². The van der Waals surface area contributed by atoms with Crippen LogP contribution in [0.1, 0.15) is 83.2 Å². The number of nitrogens with zero attached hydrogens (tertiary/aromatic N) is 4. The summed E-state index contributed by atoms with van der Waals surface area (Å²) in [6.45, 7) is 21.7. The van der Waals surface area contributed by atoms with Gasteiger partial charge in [0.15, 0.2) is 69.1 Å². The number of carbonyl (C=O) groups is 4. The first kappa shape index (κ1) is 110. The van der Waals surface area contributed by atoms with E-state index in [2.05, 4.69) is 86.4 Å². The Kier molecular flexibility index (Phi) is 48.9. The minimum atomic E-state index is -0.125. The largest absolute Gasteiger partial charge is 0.516 e. The van der Waals surface area contributed by atoms with Gasteiger partial charge in [-0.3, -0.25) is 39.1 Å². The average Bonchev–Trinajstić information content (AvgIpc) is 0.807. The summed E-state index contributed by atoms with van der Waals surface area (Å²) in [5.74, 6) is 6.84. The minimum absolute atomic E-state index is 0. The van der Waals surface area contributed by atoms with Gasteiger partial charge in [-0.2, -0.15) is 0 Å². The van der Waals surface area contributed by atoms with Gasteiger partial charge >= 0.3 is 0 Å². The molecule has 0 atom stereocenters. The number of ether oxygens (including phenoxy) is 11. The van der Waals surface area contributed by atoms with E-state index in [4.69, 9.17) is 87.5 Å². The number of aromatic nitrogens is 4. The van der Waals surface area contributed by atoms with Gasteiger partial charge in [0.1, 0.15) is 0 Å². The van der Waals surface area contributed by atoms with Crippen molar-refractivity contribution in [2.24, 2.45) is 0 Å². The molecule has 0 aliphatic heterocycles. The number of aliphatic hydroxyl groups is 4. The van der Waals surface area contributed by atoms with E-state index in [1.807, 2.05) is 123 Å². The molecule has 662 valence electrons. The first-order valence-corrected chi connectivity index (χ1v) is 36.9. The first-order chi connectivity index (χ1) is 56.6. The molecule has 4 N–H and O–H groups in total. The number of aryl methyl sites for hydroxylation is 5. The summed E-state index contributed by atoms with van der Waals surface area (Å²) in [4.78, 5) is 59.0. The fourth-order valence-corrected chi connectivity index (χ4v) is 11.6. The zero-order chi connectivity index (χ0) is 88.3. The van der Waals surface area contributed by atoms with Crippen molar-refractivity contribution in [3.63, 3.8) is 0 Å². The summed E-state index contributed by atoms with van der Waals surface area (Å²) >= 11 is 0. The zero-order valence-corrected chi connectivity index (χ0v) is 82.8. The van der Waals surface area contributed by atoms with Crippen LogP contribution < -0.4 is 52.1 Å². The normalized spacial score (nSPS) is 10.5. The fraction of sp³-hybridized carbons (Fsp3) is 0.250. The fourth-order valence-electron chi connectivity index (χ4n) is 11.6. The van der Waals surface area contributed by atoms with Crippen molar-refractivity contribution in [3.05, 3.63) is 245 Å². The van der Waals surface area contributed by atoms with Gasteiger partial charge in [-0.25, -0.2) is 0 Å². The van der Waals surface area contributed by atoms with E-state index in [-0.39, 0.29) is 127 Å².